The van der Waals surface area contributed by atoms with Crippen molar-refractivity contribution in [3.63, 3.8) is 0 Å². The van der Waals surface area contributed by atoms with E-state index in [-0.39, 0.29) is 30.9 Å². The Morgan fingerprint density at radius 3 is 2.72 bits per heavy atom. The molecule has 150 valence electrons. The number of para-hydroxylation sites is 1. The third-order valence-corrected chi connectivity index (χ3v) is 5.94. The molecule has 0 atom stereocenters. The van der Waals surface area contributed by atoms with Crippen molar-refractivity contribution in [1.29, 1.82) is 0 Å². The first-order valence-corrected chi connectivity index (χ1v) is 10.4. The summed E-state index contributed by atoms with van der Waals surface area (Å²) in [4.78, 5) is 25.3. The third-order valence-electron chi connectivity index (χ3n) is 4.76. The van der Waals surface area contributed by atoms with Crippen LogP contribution in [0, 0.1) is 5.82 Å². The fraction of sp³-hybridized carbons (Fsp3) is 0.273. The van der Waals surface area contributed by atoms with Crippen molar-refractivity contribution in [2.45, 2.75) is 32.4 Å². The number of rotatable bonds is 7. The minimum Gasteiger partial charge on any atom is -0.462 e. The molecule has 4 rings (SSSR count). The third kappa shape index (κ3) is 4.10. The number of nitrogens with one attached hydrogen (secondary N) is 2. The Morgan fingerprint density at radius 1 is 1.17 bits per heavy atom. The number of esters is 1. The van der Waals surface area contributed by atoms with Gasteiger partial charge in [0.2, 0.25) is 0 Å². The molecular formula is C22H21FN2O3S. The second-order valence-electron chi connectivity index (χ2n) is 6.89. The number of thiophene rings is 1. The monoisotopic (exact) mass is 412 g/mol. The van der Waals surface area contributed by atoms with Gasteiger partial charge in [-0.3, -0.25) is 4.79 Å². The molecule has 1 amide bonds. The maximum absolute atomic E-state index is 14.6. The van der Waals surface area contributed by atoms with E-state index in [0.717, 1.165) is 12.8 Å². The van der Waals surface area contributed by atoms with E-state index < -0.39 is 5.97 Å². The van der Waals surface area contributed by atoms with Crippen LogP contribution in [0.25, 0.3) is 10.1 Å². The number of ether oxygens (including phenoxy) is 1. The Labute approximate surface area is 171 Å². The first kappa shape index (κ1) is 19.4. The lowest BCUT2D eigenvalue weighted by atomic mass is 10.1. The van der Waals surface area contributed by atoms with Gasteiger partial charge in [-0.05, 0) is 44.0 Å². The molecule has 3 aromatic rings. The standard InChI is InChI=1S/C22H21FN2O3S/c1-2-28-22(27)20-15(19-16(23)7-5-9-18(19)29-20)12-24-17-8-4-3-6-14(17)21(26)25-13-10-11-13/h3-9,13,24H,2,10-12H2,1H3,(H,25,26). The molecule has 29 heavy (non-hydrogen) atoms. The van der Waals surface area contributed by atoms with Crippen molar-refractivity contribution >= 4 is 39.0 Å². The normalized spacial score (nSPS) is 13.3. The van der Waals surface area contributed by atoms with Gasteiger partial charge in [-0.2, -0.15) is 0 Å². The van der Waals surface area contributed by atoms with E-state index in [1.807, 2.05) is 6.07 Å². The van der Waals surface area contributed by atoms with Gasteiger partial charge >= 0.3 is 5.97 Å². The van der Waals surface area contributed by atoms with Crippen LogP contribution in [0.2, 0.25) is 0 Å². The number of amides is 1. The number of carbonyl (C=O) groups is 2. The van der Waals surface area contributed by atoms with E-state index in [1.54, 1.807) is 37.3 Å². The van der Waals surface area contributed by atoms with Gasteiger partial charge in [-0.1, -0.05) is 18.2 Å². The zero-order valence-electron chi connectivity index (χ0n) is 16.0. The highest BCUT2D eigenvalue weighted by Crippen LogP contribution is 2.34. The van der Waals surface area contributed by atoms with Gasteiger partial charge in [-0.25, -0.2) is 9.18 Å². The van der Waals surface area contributed by atoms with Crippen LogP contribution in [-0.2, 0) is 11.3 Å². The first-order chi connectivity index (χ1) is 14.1. The minimum absolute atomic E-state index is 0.137. The fourth-order valence-corrected chi connectivity index (χ4v) is 4.34. The van der Waals surface area contributed by atoms with Crippen LogP contribution in [0.4, 0.5) is 10.1 Å². The second kappa shape index (κ2) is 8.21. The molecule has 0 radical (unpaired) electrons. The van der Waals surface area contributed by atoms with E-state index in [4.69, 9.17) is 4.74 Å². The van der Waals surface area contributed by atoms with E-state index in [9.17, 15) is 14.0 Å². The molecule has 1 aliphatic rings. The zero-order valence-corrected chi connectivity index (χ0v) is 16.8. The fourth-order valence-electron chi connectivity index (χ4n) is 3.21. The van der Waals surface area contributed by atoms with Crippen LogP contribution in [0.5, 0.6) is 0 Å². The summed E-state index contributed by atoms with van der Waals surface area (Å²) in [6.45, 7) is 2.17. The van der Waals surface area contributed by atoms with Gasteiger partial charge in [-0.15, -0.1) is 11.3 Å². The molecule has 5 nitrogen and oxygen atoms in total. The van der Waals surface area contributed by atoms with Crippen LogP contribution in [0.15, 0.2) is 42.5 Å². The van der Waals surface area contributed by atoms with Crippen molar-refractivity contribution in [3.8, 4) is 0 Å². The summed E-state index contributed by atoms with van der Waals surface area (Å²) in [5.41, 5.74) is 1.70. The van der Waals surface area contributed by atoms with Gasteiger partial charge in [0.1, 0.15) is 10.7 Å². The molecule has 0 saturated heterocycles. The Morgan fingerprint density at radius 2 is 1.97 bits per heavy atom. The maximum Gasteiger partial charge on any atom is 0.348 e. The van der Waals surface area contributed by atoms with Crippen molar-refractivity contribution < 1.29 is 18.7 Å². The SMILES string of the molecule is CCOC(=O)c1sc2cccc(F)c2c1CNc1ccccc1C(=O)NC1CC1. The van der Waals surface area contributed by atoms with E-state index in [0.29, 0.717) is 31.8 Å². The number of carbonyl (C=O) groups excluding carboxylic acids is 2. The largest absolute Gasteiger partial charge is 0.462 e. The minimum atomic E-state index is -0.468. The molecule has 1 heterocycles. The van der Waals surface area contributed by atoms with Crippen LogP contribution >= 0.6 is 11.3 Å². The quantitative estimate of drug-likeness (QED) is 0.551. The van der Waals surface area contributed by atoms with Gasteiger partial charge in [0, 0.05) is 33.9 Å². The van der Waals surface area contributed by atoms with Crippen molar-refractivity contribution in [1.82, 2.24) is 5.32 Å². The van der Waals surface area contributed by atoms with Crippen molar-refractivity contribution in [3.05, 3.63) is 64.3 Å². The summed E-state index contributed by atoms with van der Waals surface area (Å²) in [5.74, 6) is -0.988. The summed E-state index contributed by atoms with van der Waals surface area (Å²) in [6.07, 6.45) is 2.01. The van der Waals surface area contributed by atoms with Crippen LogP contribution < -0.4 is 10.6 Å². The van der Waals surface area contributed by atoms with Gasteiger partial charge in [0.25, 0.3) is 5.91 Å². The van der Waals surface area contributed by atoms with Gasteiger partial charge < -0.3 is 15.4 Å². The Kier molecular flexibility index (Phi) is 5.49. The van der Waals surface area contributed by atoms with Crippen LogP contribution in [0.3, 0.4) is 0 Å². The highest BCUT2D eigenvalue weighted by molar-refractivity contribution is 7.21. The Bertz CT molecular complexity index is 1080. The molecule has 2 aromatic carbocycles. The first-order valence-electron chi connectivity index (χ1n) is 9.59. The molecule has 1 aromatic heterocycles. The molecule has 0 bridgehead atoms. The number of fused-ring (bicyclic) bond motifs is 1. The lowest BCUT2D eigenvalue weighted by Crippen LogP contribution is -2.26. The average molecular weight is 412 g/mol. The van der Waals surface area contributed by atoms with E-state index in [1.165, 1.54) is 17.4 Å². The number of benzene rings is 2. The topological polar surface area (TPSA) is 67.4 Å². The summed E-state index contributed by atoms with van der Waals surface area (Å²) in [5, 5.41) is 6.61. The van der Waals surface area contributed by atoms with Crippen molar-refractivity contribution in [2.24, 2.45) is 0 Å². The Hall–Kier alpha value is -2.93. The molecule has 0 unspecified atom stereocenters. The van der Waals surface area contributed by atoms with Crippen LogP contribution in [-0.4, -0.2) is 24.5 Å². The molecule has 0 aliphatic heterocycles. The maximum atomic E-state index is 14.6. The van der Waals surface area contributed by atoms with Gasteiger partial charge in [0.15, 0.2) is 0 Å². The molecule has 7 heteroatoms. The van der Waals surface area contributed by atoms with E-state index in [2.05, 4.69) is 10.6 Å². The summed E-state index contributed by atoms with van der Waals surface area (Å²) >= 11 is 1.21. The highest BCUT2D eigenvalue weighted by atomic mass is 32.1. The van der Waals surface area contributed by atoms with Crippen molar-refractivity contribution in [2.75, 3.05) is 11.9 Å². The summed E-state index contributed by atoms with van der Waals surface area (Å²) < 4.78 is 20.4. The van der Waals surface area contributed by atoms with Gasteiger partial charge in [0.05, 0.1) is 12.2 Å². The van der Waals surface area contributed by atoms with Crippen LogP contribution in [0.1, 0.15) is 45.4 Å². The summed E-state index contributed by atoms with van der Waals surface area (Å²) in [7, 11) is 0. The number of anilines is 1. The molecule has 1 fully saturated rings. The molecular weight excluding hydrogens is 391 g/mol. The Balaban J connectivity index is 1.65. The number of hydrogen-bond acceptors (Lipinski definition) is 5. The van der Waals surface area contributed by atoms with E-state index >= 15 is 0 Å². The molecule has 2 N–H and O–H groups in total. The molecule has 1 aliphatic carbocycles. The summed E-state index contributed by atoms with van der Waals surface area (Å²) in [6, 6.07) is 12.2. The average Bonchev–Trinajstić information content (AvgIpc) is 3.44. The predicted molar refractivity (Wildman–Crippen MR) is 112 cm³/mol. The zero-order chi connectivity index (χ0) is 20.4. The molecule has 1 saturated carbocycles. The lowest BCUT2D eigenvalue weighted by molar-refractivity contribution is 0.0531. The number of halogens is 1. The second-order valence-corrected chi connectivity index (χ2v) is 7.94. The smallest absolute Gasteiger partial charge is 0.348 e. The lowest BCUT2D eigenvalue weighted by Gasteiger charge is -2.13. The predicted octanol–water partition coefficient (Wildman–Crippen LogP) is 4.72. The number of hydrogen-bond donors (Lipinski definition) is 2. The highest BCUT2D eigenvalue weighted by Gasteiger charge is 2.25. The molecule has 0 spiro atoms.